The summed E-state index contributed by atoms with van der Waals surface area (Å²) >= 11 is 0. The topological polar surface area (TPSA) is 55.8 Å². The lowest BCUT2D eigenvalue weighted by atomic mass is 9.87. The molecule has 6 heteroatoms. The summed E-state index contributed by atoms with van der Waals surface area (Å²) in [6.07, 6.45) is 4.32. The van der Waals surface area contributed by atoms with Gasteiger partial charge in [0, 0.05) is 18.5 Å². The lowest BCUT2D eigenvalue weighted by Crippen LogP contribution is -2.34. The molecule has 0 aromatic heterocycles. The molecule has 0 amide bonds. The second-order valence-corrected chi connectivity index (χ2v) is 11.8. The average Bonchev–Trinajstić information content (AvgIpc) is 3.46. The molecule has 5 nitrogen and oxygen atoms in total. The molecule has 3 unspecified atom stereocenters. The van der Waals surface area contributed by atoms with Crippen molar-refractivity contribution in [2.75, 3.05) is 6.79 Å². The number of Topliss-reactive ketones (excluding diaryl/α,β-unsaturated/α-hetero) is 1. The second-order valence-electron chi connectivity index (χ2n) is 10.4. The Morgan fingerprint density at radius 2 is 1.64 bits per heavy atom. The molecule has 0 spiro atoms. The molecule has 2 aliphatic heterocycles. The van der Waals surface area contributed by atoms with E-state index in [4.69, 9.17) is 9.47 Å². The third-order valence-electron chi connectivity index (χ3n) is 7.95. The zero-order valence-electron chi connectivity index (χ0n) is 20.7. The third kappa shape index (κ3) is 4.16. The van der Waals surface area contributed by atoms with Crippen molar-refractivity contribution >= 4 is 16.8 Å². The molecular formula is C30H31NO4S. The highest BCUT2D eigenvalue weighted by Gasteiger charge is 2.50. The molecule has 186 valence electrons. The second kappa shape index (κ2) is 9.16. The molecular weight excluding hydrogens is 470 g/mol. The maximum atomic E-state index is 13.4. The number of carbonyl (C=O) groups excluding carboxylic acids is 1. The fraction of sp³-hybridized carbons (Fsp3) is 0.367. The maximum absolute atomic E-state index is 13.4. The minimum Gasteiger partial charge on any atom is -0.454 e. The summed E-state index contributed by atoms with van der Waals surface area (Å²) < 4.78 is 26.2. The van der Waals surface area contributed by atoms with Gasteiger partial charge in [-0.25, -0.2) is 8.51 Å². The molecule has 1 saturated carbocycles. The fourth-order valence-electron chi connectivity index (χ4n) is 5.65. The Labute approximate surface area is 215 Å². The molecule has 1 saturated heterocycles. The molecule has 36 heavy (non-hydrogen) atoms. The van der Waals surface area contributed by atoms with Gasteiger partial charge in [-0.1, -0.05) is 42.5 Å². The summed E-state index contributed by atoms with van der Waals surface area (Å²) in [5, 5.41) is 0. The molecule has 3 atom stereocenters. The van der Waals surface area contributed by atoms with Gasteiger partial charge in [0.2, 0.25) is 6.79 Å². The summed E-state index contributed by atoms with van der Waals surface area (Å²) in [5.41, 5.74) is 3.75. The van der Waals surface area contributed by atoms with Gasteiger partial charge >= 0.3 is 0 Å². The van der Waals surface area contributed by atoms with Crippen LogP contribution in [0.5, 0.6) is 11.5 Å². The van der Waals surface area contributed by atoms with Gasteiger partial charge in [-0.3, -0.25) is 4.79 Å². The number of hydrogen-bond donors (Lipinski definition) is 0. The number of carbonyl (C=O) groups is 1. The Bertz CT molecular complexity index is 1320. The largest absolute Gasteiger partial charge is 0.454 e. The zero-order valence-corrected chi connectivity index (χ0v) is 21.6. The van der Waals surface area contributed by atoms with Gasteiger partial charge in [-0.15, -0.1) is 0 Å². The molecule has 3 aliphatic rings. The van der Waals surface area contributed by atoms with Crippen molar-refractivity contribution in [3.63, 3.8) is 0 Å². The van der Waals surface area contributed by atoms with Crippen LogP contribution in [0.1, 0.15) is 50.7 Å². The van der Waals surface area contributed by atoms with Crippen molar-refractivity contribution in [1.82, 2.24) is 4.31 Å². The van der Waals surface area contributed by atoms with Crippen molar-refractivity contribution < 1.29 is 18.5 Å². The van der Waals surface area contributed by atoms with E-state index in [2.05, 4.69) is 30.3 Å². The smallest absolute Gasteiger partial charge is 0.231 e. The van der Waals surface area contributed by atoms with E-state index in [-0.39, 0.29) is 12.6 Å². The normalized spacial score (nSPS) is 22.9. The quantitative estimate of drug-likeness (QED) is 0.409. The van der Waals surface area contributed by atoms with Gasteiger partial charge in [0.1, 0.15) is 16.8 Å². The van der Waals surface area contributed by atoms with Crippen LogP contribution in [0.15, 0.2) is 71.6 Å². The standard InChI is InChI=1S/C30H31NO4S/c1-20-6-7-21(2)31(20)36(33)26-11-8-23(9-12-26)24-5-3-4-22(16-24)17-29(32)30(14-15-30)25-10-13-27-28(18-25)35-19-34-27/h3-5,8-13,16,18,20-21H,6-7,14-15,17,19H2,1-2H3. The Morgan fingerprint density at radius 3 is 2.36 bits per heavy atom. The fourth-order valence-corrected chi connectivity index (χ4v) is 7.12. The van der Waals surface area contributed by atoms with E-state index in [9.17, 15) is 9.00 Å². The van der Waals surface area contributed by atoms with Crippen LogP contribution < -0.4 is 9.47 Å². The van der Waals surface area contributed by atoms with Crippen LogP contribution in [0.3, 0.4) is 0 Å². The molecule has 2 heterocycles. The summed E-state index contributed by atoms with van der Waals surface area (Å²) in [6.45, 7) is 4.54. The number of rotatable bonds is 7. The van der Waals surface area contributed by atoms with Crippen LogP contribution in [0.2, 0.25) is 0 Å². The number of hydrogen-bond acceptors (Lipinski definition) is 4. The molecule has 0 N–H and O–H groups in total. The first-order chi connectivity index (χ1) is 17.4. The van der Waals surface area contributed by atoms with Crippen molar-refractivity contribution in [2.45, 2.75) is 68.3 Å². The number of benzene rings is 3. The van der Waals surface area contributed by atoms with Gasteiger partial charge in [0.15, 0.2) is 11.5 Å². The molecule has 1 aliphatic carbocycles. The minimum atomic E-state index is -1.15. The number of nitrogens with zero attached hydrogens (tertiary/aromatic N) is 1. The molecule has 2 fully saturated rings. The first-order valence-corrected chi connectivity index (χ1v) is 13.9. The Hall–Kier alpha value is -2.96. The van der Waals surface area contributed by atoms with E-state index in [0.29, 0.717) is 18.5 Å². The van der Waals surface area contributed by atoms with Crippen molar-refractivity contribution in [3.05, 3.63) is 77.9 Å². The molecule has 0 radical (unpaired) electrons. The molecule has 6 rings (SSSR count). The first-order valence-electron chi connectivity index (χ1n) is 12.8. The van der Waals surface area contributed by atoms with Crippen LogP contribution in [0.25, 0.3) is 11.1 Å². The van der Waals surface area contributed by atoms with Crippen LogP contribution in [0.4, 0.5) is 0 Å². The lowest BCUT2D eigenvalue weighted by Gasteiger charge is -2.24. The van der Waals surface area contributed by atoms with Gasteiger partial charge < -0.3 is 9.47 Å². The van der Waals surface area contributed by atoms with Gasteiger partial charge in [-0.05, 0) is 86.1 Å². The van der Waals surface area contributed by atoms with E-state index >= 15 is 0 Å². The van der Waals surface area contributed by atoms with Crippen LogP contribution >= 0.6 is 0 Å². The molecule has 3 aromatic carbocycles. The molecule has 3 aromatic rings. The van der Waals surface area contributed by atoms with Crippen molar-refractivity contribution in [1.29, 1.82) is 0 Å². The van der Waals surface area contributed by atoms with E-state index in [1.165, 1.54) is 0 Å². The predicted molar refractivity (Wildman–Crippen MR) is 140 cm³/mol. The van der Waals surface area contributed by atoms with Crippen LogP contribution in [-0.2, 0) is 27.6 Å². The molecule has 0 bridgehead atoms. The average molecular weight is 502 g/mol. The van der Waals surface area contributed by atoms with E-state index in [1.54, 1.807) is 0 Å². The summed E-state index contributed by atoms with van der Waals surface area (Å²) in [7, 11) is -1.15. The Balaban J connectivity index is 1.18. The Morgan fingerprint density at radius 1 is 0.917 bits per heavy atom. The lowest BCUT2D eigenvalue weighted by molar-refractivity contribution is -0.120. The first kappa shape index (κ1) is 23.4. The minimum absolute atomic E-state index is 0.236. The number of ether oxygens (including phenoxy) is 2. The van der Waals surface area contributed by atoms with Crippen molar-refractivity contribution in [3.8, 4) is 22.6 Å². The van der Waals surface area contributed by atoms with Gasteiger partial charge in [0.25, 0.3) is 0 Å². The summed E-state index contributed by atoms with van der Waals surface area (Å²) in [5.74, 6) is 1.72. The maximum Gasteiger partial charge on any atom is 0.231 e. The van der Waals surface area contributed by atoms with Crippen LogP contribution in [-0.4, -0.2) is 33.2 Å². The summed E-state index contributed by atoms with van der Waals surface area (Å²) in [6, 6.07) is 22.8. The van der Waals surface area contributed by atoms with Crippen LogP contribution in [0, 0.1) is 0 Å². The number of ketones is 1. The highest BCUT2D eigenvalue weighted by molar-refractivity contribution is 7.82. The van der Waals surface area contributed by atoms with Gasteiger partial charge in [-0.2, -0.15) is 0 Å². The van der Waals surface area contributed by atoms with Gasteiger partial charge in [0.05, 0.1) is 10.3 Å². The highest BCUT2D eigenvalue weighted by Crippen LogP contribution is 2.51. The SMILES string of the molecule is CC1CCC(C)N1S(=O)c1ccc(-c2cccc(CC(=O)C3(c4ccc5c(c4)OCO5)CC3)c2)cc1. The van der Waals surface area contributed by atoms with E-state index in [0.717, 1.165) is 64.3 Å². The monoisotopic (exact) mass is 501 g/mol. The number of fused-ring (bicyclic) bond motifs is 1. The van der Waals surface area contributed by atoms with Crippen molar-refractivity contribution in [2.24, 2.45) is 0 Å². The Kier molecular flexibility index (Phi) is 5.97. The zero-order chi connectivity index (χ0) is 24.9. The predicted octanol–water partition coefficient (Wildman–Crippen LogP) is 5.82. The third-order valence-corrected chi connectivity index (χ3v) is 9.73. The van der Waals surface area contributed by atoms with E-state index in [1.807, 2.05) is 54.6 Å². The van der Waals surface area contributed by atoms with E-state index < -0.39 is 16.4 Å². The highest BCUT2D eigenvalue weighted by atomic mass is 32.2. The summed E-state index contributed by atoms with van der Waals surface area (Å²) in [4.78, 5) is 14.3.